The van der Waals surface area contributed by atoms with E-state index in [4.69, 9.17) is 30.8 Å². The molecule has 0 radical (unpaired) electrons. The Morgan fingerprint density at radius 2 is 1.92 bits per heavy atom. The number of anilines is 2. The summed E-state index contributed by atoms with van der Waals surface area (Å²) in [7, 11) is 2.73. The maximum atomic E-state index is 14.8. The van der Waals surface area contributed by atoms with Gasteiger partial charge in [-0.3, -0.25) is 14.9 Å². The van der Waals surface area contributed by atoms with E-state index >= 15 is 0 Å². The zero-order valence-corrected chi connectivity index (χ0v) is 28.4. The van der Waals surface area contributed by atoms with E-state index in [2.05, 4.69) is 33.6 Å². The lowest BCUT2D eigenvalue weighted by atomic mass is 9.98. The number of ketones is 1. The fraction of sp³-hybridized carbons (Fsp3) is 0.314. The van der Waals surface area contributed by atoms with Gasteiger partial charge in [-0.25, -0.2) is 19.0 Å². The molecule has 1 aromatic heterocycles. The van der Waals surface area contributed by atoms with Crippen molar-refractivity contribution in [2.45, 2.75) is 44.7 Å². The molecule has 0 fully saturated rings. The third-order valence-corrected chi connectivity index (χ3v) is 8.16. The van der Waals surface area contributed by atoms with Gasteiger partial charge in [0.2, 0.25) is 5.91 Å². The van der Waals surface area contributed by atoms with Crippen LogP contribution in [-0.2, 0) is 23.8 Å². The summed E-state index contributed by atoms with van der Waals surface area (Å²) < 4.78 is 29.8. The number of esters is 1. The summed E-state index contributed by atoms with van der Waals surface area (Å²) in [5.74, 6) is -2.17. The van der Waals surface area contributed by atoms with Crippen LogP contribution in [0.4, 0.5) is 20.6 Å². The third-order valence-electron chi connectivity index (χ3n) is 7.87. The fourth-order valence-corrected chi connectivity index (χ4v) is 5.50. The topological polar surface area (TPSA) is 185 Å². The highest BCUT2D eigenvalue weighted by atomic mass is 35.5. The van der Waals surface area contributed by atoms with E-state index < -0.39 is 41.7 Å². The molecule has 2 amide bonds. The first-order chi connectivity index (χ1) is 24.0. The Morgan fingerprint density at radius 1 is 1.16 bits per heavy atom. The van der Waals surface area contributed by atoms with Gasteiger partial charge in [0, 0.05) is 41.3 Å². The summed E-state index contributed by atoms with van der Waals surface area (Å²) >= 11 is 5.92. The van der Waals surface area contributed by atoms with Crippen molar-refractivity contribution in [3.63, 3.8) is 0 Å². The zero-order valence-electron chi connectivity index (χ0n) is 27.7. The van der Waals surface area contributed by atoms with Gasteiger partial charge in [-0.2, -0.15) is 5.26 Å². The van der Waals surface area contributed by atoms with Crippen LogP contribution in [-0.4, -0.2) is 67.2 Å². The molecular weight excluding hydrogens is 671 g/mol. The highest BCUT2D eigenvalue weighted by molar-refractivity contribution is 6.31. The van der Waals surface area contributed by atoms with E-state index in [9.17, 15) is 28.8 Å². The number of hydrogen-bond acceptors (Lipinski definition) is 10. The van der Waals surface area contributed by atoms with Gasteiger partial charge in [-0.15, -0.1) is 0 Å². The molecule has 0 spiro atoms. The molecule has 1 aliphatic heterocycles. The number of hydrogen-bond donors (Lipinski definition) is 4. The first kappa shape index (κ1) is 37.3. The van der Waals surface area contributed by atoms with E-state index in [1.807, 2.05) is 0 Å². The molecule has 15 heteroatoms. The van der Waals surface area contributed by atoms with E-state index in [1.54, 1.807) is 18.2 Å². The standard InChI is InChI=1S/C35H36ClFN6O7/c1-19(34(46)49-4)26-7-5-6-8-27(41-30(45)14-12-23-22(20(2)44)11-13-25(36)31(23)37)33-42-29(18-38)32(43-33)24-10-9-21(17-28(24)40-26)39-35(47)50-16-15-48-3/h9-14,17,26-27,40H,1,5-8,15-16H2,2-4H3,(H,39,47)(H,41,45)(H,42,43)/b14-12+/t26-,27+/m1/s1. The maximum Gasteiger partial charge on any atom is 0.411 e. The Labute approximate surface area is 292 Å². The quantitative estimate of drug-likeness (QED) is 0.0832. The largest absolute Gasteiger partial charge is 0.466 e. The third kappa shape index (κ3) is 9.13. The Morgan fingerprint density at radius 3 is 2.62 bits per heavy atom. The van der Waals surface area contributed by atoms with Gasteiger partial charge in [-0.1, -0.05) is 31.0 Å². The fourth-order valence-electron chi connectivity index (χ4n) is 5.34. The number of ether oxygens (including phenoxy) is 3. The Balaban J connectivity index is 1.72. The monoisotopic (exact) mass is 706 g/mol. The van der Waals surface area contributed by atoms with Crippen LogP contribution >= 0.6 is 11.6 Å². The van der Waals surface area contributed by atoms with E-state index in [1.165, 1.54) is 39.4 Å². The molecule has 262 valence electrons. The highest BCUT2D eigenvalue weighted by Gasteiger charge is 2.27. The van der Waals surface area contributed by atoms with Crippen LogP contribution < -0.4 is 16.0 Å². The molecule has 4 rings (SSSR count). The number of nitrogens with zero attached hydrogens (tertiary/aromatic N) is 2. The second kappa shape index (κ2) is 17.2. The van der Waals surface area contributed by atoms with Gasteiger partial charge in [0.15, 0.2) is 5.78 Å². The number of carbonyl (C=O) groups excluding carboxylic acids is 4. The van der Waals surface area contributed by atoms with Crippen molar-refractivity contribution in [2.24, 2.45) is 0 Å². The molecular formula is C35H36ClFN6O7. The minimum absolute atomic E-state index is 0.0402. The van der Waals surface area contributed by atoms with Gasteiger partial charge >= 0.3 is 12.1 Å². The molecule has 2 atom stereocenters. The Bertz CT molecular complexity index is 1870. The zero-order chi connectivity index (χ0) is 36.4. The van der Waals surface area contributed by atoms with Crippen LogP contribution in [0, 0.1) is 17.1 Å². The predicted octanol–water partition coefficient (Wildman–Crippen LogP) is 6.09. The molecule has 1 aliphatic rings. The molecule has 3 aromatic rings. The lowest BCUT2D eigenvalue weighted by Crippen LogP contribution is -2.29. The molecule has 0 saturated heterocycles. The molecule has 2 aromatic carbocycles. The predicted molar refractivity (Wildman–Crippen MR) is 184 cm³/mol. The van der Waals surface area contributed by atoms with E-state index in [0.29, 0.717) is 48.4 Å². The average molecular weight is 707 g/mol. The van der Waals surface area contributed by atoms with Crippen LogP contribution in [0.1, 0.15) is 66.1 Å². The molecule has 2 bridgehead atoms. The highest BCUT2D eigenvalue weighted by Crippen LogP contribution is 2.35. The summed E-state index contributed by atoms with van der Waals surface area (Å²) in [6.07, 6.45) is 3.46. The van der Waals surface area contributed by atoms with Crippen molar-refractivity contribution in [1.82, 2.24) is 15.3 Å². The number of carbonyl (C=O) groups is 4. The van der Waals surface area contributed by atoms with Crippen molar-refractivity contribution >= 4 is 52.8 Å². The average Bonchev–Trinajstić information content (AvgIpc) is 3.53. The number of benzene rings is 2. The summed E-state index contributed by atoms with van der Waals surface area (Å²) in [6, 6.07) is 8.27. The number of Topliss-reactive ketones (excluding diaryl/α,β-unsaturated/α-hetero) is 1. The normalized spacial score (nSPS) is 15.7. The van der Waals surface area contributed by atoms with E-state index in [-0.39, 0.29) is 46.3 Å². The smallest absolute Gasteiger partial charge is 0.411 e. The molecule has 50 heavy (non-hydrogen) atoms. The SMILES string of the molecule is C=C(C(=O)OC)[C@H]1CCCC[C@H](NC(=O)/C=C/c2c(C(C)=O)ccc(Cl)c2F)c2nc(c(C#N)[nH]2)-c2ccc(NC(=O)OCCOC)cc2N1. The second-order valence-corrected chi connectivity index (χ2v) is 11.7. The number of fused-ring (bicyclic) bond motifs is 4. The number of aromatic amines is 1. The van der Waals surface area contributed by atoms with Gasteiger partial charge in [-0.05, 0) is 56.2 Å². The van der Waals surface area contributed by atoms with Crippen molar-refractivity contribution < 1.29 is 37.8 Å². The number of nitrogens with one attached hydrogen (secondary N) is 4. The minimum Gasteiger partial charge on any atom is -0.466 e. The van der Waals surface area contributed by atoms with Crippen LogP contribution in [0.3, 0.4) is 0 Å². The number of rotatable bonds is 10. The Hall–Kier alpha value is -5.52. The minimum atomic E-state index is -0.833. The number of methoxy groups -OCH3 is 2. The van der Waals surface area contributed by atoms with E-state index in [0.717, 1.165) is 6.08 Å². The number of halogens is 2. The maximum absolute atomic E-state index is 14.8. The first-order valence-corrected chi connectivity index (χ1v) is 15.9. The molecule has 0 saturated carbocycles. The molecule has 0 unspecified atom stereocenters. The number of nitriles is 1. The second-order valence-electron chi connectivity index (χ2n) is 11.2. The summed E-state index contributed by atoms with van der Waals surface area (Å²) in [5.41, 5.74) is 1.64. The summed E-state index contributed by atoms with van der Waals surface area (Å²) in [5, 5.41) is 18.7. The van der Waals surface area contributed by atoms with Crippen molar-refractivity contribution in [3.8, 4) is 17.3 Å². The van der Waals surface area contributed by atoms with Gasteiger partial charge in [0.25, 0.3) is 0 Å². The number of amides is 2. The van der Waals surface area contributed by atoms with Gasteiger partial charge < -0.3 is 29.8 Å². The van der Waals surface area contributed by atoms with Crippen LogP contribution in [0.2, 0.25) is 5.02 Å². The summed E-state index contributed by atoms with van der Waals surface area (Å²) in [6.45, 7) is 5.48. The lowest BCUT2D eigenvalue weighted by Gasteiger charge is -2.24. The number of imidazole rings is 1. The summed E-state index contributed by atoms with van der Waals surface area (Å²) in [4.78, 5) is 57.9. The lowest BCUT2D eigenvalue weighted by molar-refractivity contribution is -0.136. The number of aromatic nitrogens is 2. The first-order valence-electron chi connectivity index (χ1n) is 15.6. The molecule has 13 nitrogen and oxygen atoms in total. The van der Waals surface area contributed by atoms with Crippen LogP contribution in [0.15, 0.2) is 48.6 Å². The Kier molecular flexibility index (Phi) is 12.9. The molecule has 0 aliphatic carbocycles. The molecule has 4 N–H and O–H groups in total. The van der Waals surface area contributed by atoms with Crippen LogP contribution in [0.25, 0.3) is 17.3 Å². The van der Waals surface area contributed by atoms with Crippen molar-refractivity contribution in [3.05, 3.63) is 82.0 Å². The van der Waals surface area contributed by atoms with Crippen molar-refractivity contribution in [2.75, 3.05) is 38.1 Å². The van der Waals surface area contributed by atoms with Gasteiger partial charge in [0.1, 0.15) is 35.7 Å². The van der Waals surface area contributed by atoms with Crippen molar-refractivity contribution in [1.29, 1.82) is 5.26 Å². The number of H-pyrrole nitrogens is 1. The molecule has 2 heterocycles. The van der Waals surface area contributed by atoms with Crippen LogP contribution in [0.5, 0.6) is 0 Å². The van der Waals surface area contributed by atoms with Gasteiger partial charge in [0.05, 0.1) is 36.4 Å².